The molecule has 0 N–H and O–H groups in total. The number of aryl methyl sites for hydroxylation is 1. The number of fused-ring (bicyclic) bond motifs is 3. The van der Waals surface area contributed by atoms with Crippen molar-refractivity contribution in [2.24, 2.45) is 34.2 Å². The summed E-state index contributed by atoms with van der Waals surface area (Å²) in [7, 11) is 0. The first-order valence-electron chi connectivity index (χ1n) is 10.4. The Morgan fingerprint density at radius 2 is 1.81 bits per heavy atom. The zero-order valence-electron chi connectivity index (χ0n) is 16.7. The Morgan fingerprint density at radius 3 is 2.42 bits per heavy atom. The van der Waals surface area contributed by atoms with E-state index in [1.807, 2.05) is 6.92 Å². The monoisotopic (exact) mass is 417 g/mol. The van der Waals surface area contributed by atoms with Gasteiger partial charge in [0.05, 0.1) is 23.0 Å². The number of nitrogens with zero attached hydrogens (tertiary/aromatic N) is 3. The lowest BCUT2D eigenvalue weighted by atomic mass is 9.85. The van der Waals surface area contributed by atoms with E-state index >= 15 is 0 Å². The molecule has 1 spiro atoms. The van der Waals surface area contributed by atoms with Gasteiger partial charge in [0.1, 0.15) is 11.5 Å². The SMILES string of the molecule is Cc1ccc([N+](=O)[O-])cc1-c1ccc(/C=N\N2C(=O)[C@@H]3[C@@H](C2=O)[C@H]2C=C[C@H]3C23CC3)o1. The van der Waals surface area contributed by atoms with Crippen LogP contribution >= 0.6 is 0 Å². The molecule has 8 heteroatoms. The summed E-state index contributed by atoms with van der Waals surface area (Å²) in [5.74, 6) is 0.0993. The Bertz CT molecular complexity index is 1190. The number of nitro groups is 1. The van der Waals surface area contributed by atoms with E-state index < -0.39 is 4.92 Å². The van der Waals surface area contributed by atoms with Crippen molar-refractivity contribution in [2.45, 2.75) is 19.8 Å². The van der Waals surface area contributed by atoms with Gasteiger partial charge in [0.15, 0.2) is 0 Å². The van der Waals surface area contributed by atoms with Gasteiger partial charge in [-0.15, -0.1) is 0 Å². The van der Waals surface area contributed by atoms with Crippen LogP contribution in [0.25, 0.3) is 11.3 Å². The Balaban J connectivity index is 1.24. The number of imide groups is 1. The van der Waals surface area contributed by atoms with Crippen LogP contribution in [0.4, 0.5) is 5.69 Å². The van der Waals surface area contributed by atoms with E-state index in [1.165, 1.54) is 18.3 Å². The summed E-state index contributed by atoms with van der Waals surface area (Å²) < 4.78 is 5.77. The summed E-state index contributed by atoms with van der Waals surface area (Å²) >= 11 is 0. The fraction of sp³-hybridized carbons (Fsp3) is 0.348. The summed E-state index contributed by atoms with van der Waals surface area (Å²) in [5, 5.41) is 16.2. The van der Waals surface area contributed by atoms with Crippen molar-refractivity contribution >= 4 is 23.7 Å². The van der Waals surface area contributed by atoms with Crippen LogP contribution in [-0.4, -0.2) is 28.0 Å². The minimum absolute atomic E-state index is 0.0244. The van der Waals surface area contributed by atoms with Crippen molar-refractivity contribution in [1.29, 1.82) is 0 Å². The molecular weight excluding hydrogens is 398 g/mol. The van der Waals surface area contributed by atoms with Crippen LogP contribution in [0.5, 0.6) is 0 Å². The van der Waals surface area contributed by atoms with Gasteiger partial charge >= 0.3 is 0 Å². The van der Waals surface area contributed by atoms with Crippen molar-refractivity contribution in [3.63, 3.8) is 0 Å². The second-order valence-electron chi connectivity index (χ2n) is 8.91. The Labute approximate surface area is 177 Å². The third-order valence-electron chi connectivity index (χ3n) is 7.45. The molecule has 1 aromatic carbocycles. The molecular formula is C23H19N3O5. The molecule has 4 aliphatic rings. The quantitative estimate of drug-likeness (QED) is 0.248. The van der Waals surface area contributed by atoms with Crippen LogP contribution < -0.4 is 0 Å². The van der Waals surface area contributed by atoms with E-state index in [-0.39, 0.29) is 46.6 Å². The highest BCUT2D eigenvalue weighted by molar-refractivity contribution is 6.07. The molecule has 2 heterocycles. The molecule has 8 nitrogen and oxygen atoms in total. The normalized spacial score (nSPS) is 29.5. The van der Waals surface area contributed by atoms with Gasteiger partial charge in [-0.1, -0.05) is 18.2 Å². The highest BCUT2D eigenvalue weighted by Gasteiger charge is 2.73. The van der Waals surface area contributed by atoms with E-state index in [0.717, 1.165) is 23.4 Å². The fourth-order valence-electron chi connectivity index (χ4n) is 5.85. The molecule has 3 fully saturated rings. The van der Waals surface area contributed by atoms with Gasteiger partial charge in [-0.3, -0.25) is 19.7 Å². The Kier molecular flexibility index (Phi) is 3.53. The highest BCUT2D eigenvalue weighted by atomic mass is 16.6. The summed E-state index contributed by atoms with van der Waals surface area (Å²) in [6, 6.07) is 7.92. The molecule has 2 saturated carbocycles. The number of carbonyl (C=O) groups is 2. The van der Waals surface area contributed by atoms with Gasteiger partial charge in [0.25, 0.3) is 17.5 Å². The minimum Gasteiger partial charge on any atom is -0.455 e. The minimum atomic E-state index is -0.455. The van der Waals surface area contributed by atoms with Gasteiger partial charge in [0, 0.05) is 17.7 Å². The summed E-state index contributed by atoms with van der Waals surface area (Å²) in [6.45, 7) is 1.84. The van der Waals surface area contributed by atoms with E-state index in [2.05, 4.69) is 17.3 Å². The van der Waals surface area contributed by atoms with E-state index in [9.17, 15) is 19.7 Å². The van der Waals surface area contributed by atoms with Gasteiger partial charge in [-0.05, 0) is 54.7 Å². The molecule has 1 saturated heterocycles. The molecule has 2 amide bonds. The zero-order chi connectivity index (χ0) is 21.5. The van der Waals surface area contributed by atoms with Crippen molar-refractivity contribution in [3.8, 4) is 11.3 Å². The Hall–Kier alpha value is -3.55. The summed E-state index contributed by atoms with van der Waals surface area (Å²) in [5.41, 5.74) is 1.57. The van der Waals surface area contributed by atoms with Crippen LogP contribution in [0, 0.1) is 46.1 Å². The van der Waals surface area contributed by atoms with E-state index in [0.29, 0.717) is 17.1 Å². The number of furan rings is 1. The lowest BCUT2D eigenvalue weighted by Crippen LogP contribution is -2.30. The molecule has 4 atom stereocenters. The number of allylic oxidation sites excluding steroid dienone is 2. The van der Waals surface area contributed by atoms with Gasteiger partial charge < -0.3 is 4.42 Å². The third-order valence-corrected chi connectivity index (χ3v) is 7.45. The lowest BCUT2D eigenvalue weighted by Gasteiger charge is -2.18. The number of carbonyl (C=O) groups excluding carboxylic acids is 2. The molecule has 31 heavy (non-hydrogen) atoms. The number of hydrogen-bond acceptors (Lipinski definition) is 6. The Morgan fingerprint density at radius 1 is 1.13 bits per heavy atom. The third kappa shape index (κ3) is 2.38. The largest absolute Gasteiger partial charge is 0.455 e. The van der Waals surface area contributed by atoms with Crippen molar-refractivity contribution in [3.05, 3.63) is 63.9 Å². The van der Waals surface area contributed by atoms with Crippen LogP contribution in [0.3, 0.4) is 0 Å². The first kappa shape index (κ1) is 18.2. The first-order valence-corrected chi connectivity index (χ1v) is 10.4. The summed E-state index contributed by atoms with van der Waals surface area (Å²) in [6.07, 6.45) is 7.79. The maximum absolute atomic E-state index is 13.0. The molecule has 2 bridgehead atoms. The molecule has 0 radical (unpaired) electrons. The average molecular weight is 417 g/mol. The average Bonchev–Trinajstić information content (AvgIpc) is 3.03. The highest BCUT2D eigenvalue weighted by Crippen LogP contribution is 2.73. The second-order valence-corrected chi connectivity index (χ2v) is 8.91. The lowest BCUT2D eigenvalue weighted by molar-refractivity contribution is -0.384. The number of rotatable bonds is 4. The van der Waals surface area contributed by atoms with Crippen LogP contribution in [0.15, 0.2) is 52.0 Å². The van der Waals surface area contributed by atoms with E-state index in [4.69, 9.17) is 4.42 Å². The smallest absolute Gasteiger partial charge is 0.270 e. The second kappa shape index (κ2) is 6.00. The molecule has 2 aromatic rings. The molecule has 0 unspecified atom stereocenters. The number of hydrogen-bond donors (Lipinski definition) is 0. The van der Waals surface area contributed by atoms with Crippen molar-refractivity contribution in [1.82, 2.24) is 5.01 Å². The van der Waals surface area contributed by atoms with Crippen molar-refractivity contribution < 1.29 is 18.9 Å². The molecule has 3 aliphatic carbocycles. The predicted octanol–water partition coefficient (Wildman–Crippen LogP) is 3.69. The molecule has 156 valence electrons. The maximum Gasteiger partial charge on any atom is 0.270 e. The van der Waals surface area contributed by atoms with Gasteiger partial charge in [0.2, 0.25) is 0 Å². The van der Waals surface area contributed by atoms with Gasteiger partial charge in [-0.25, -0.2) is 0 Å². The maximum atomic E-state index is 13.0. The van der Waals surface area contributed by atoms with Crippen LogP contribution in [-0.2, 0) is 9.59 Å². The number of amides is 2. The topological polar surface area (TPSA) is 106 Å². The van der Waals surface area contributed by atoms with Gasteiger partial charge in [-0.2, -0.15) is 10.1 Å². The molecule has 1 aromatic heterocycles. The molecule has 6 rings (SSSR count). The number of benzene rings is 1. The predicted molar refractivity (Wildman–Crippen MR) is 110 cm³/mol. The molecule has 1 aliphatic heterocycles. The van der Waals surface area contributed by atoms with E-state index in [1.54, 1.807) is 18.2 Å². The zero-order valence-corrected chi connectivity index (χ0v) is 16.7. The first-order chi connectivity index (χ1) is 14.9. The standard InChI is InChI=1S/C23H19N3O5/c1-12-2-3-13(26(29)30)10-15(12)18-7-4-14(31-18)11-24-25-21(27)19-16-5-6-17(20(19)22(25)28)23(16)8-9-23/h2-7,10-11,16-17,19-20H,8-9H2,1H3/b24-11-/t16-,17-,19+,20+/m1/s1. The number of nitro benzene ring substituents is 1. The van der Waals surface area contributed by atoms with Crippen molar-refractivity contribution in [2.75, 3.05) is 0 Å². The van der Waals surface area contributed by atoms with Crippen LogP contribution in [0.1, 0.15) is 24.2 Å². The van der Waals surface area contributed by atoms with Crippen LogP contribution in [0.2, 0.25) is 0 Å². The fourth-order valence-corrected chi connectivity index (χ4v) is 5.85. The number of hydrazone groups is 1. The number of non-ortho nitro benzene ring substituents is 1. The summed E-state index contributed by atoms with van der Waals surface area (Å²) in [4.78, 5) is 36.5.